The first-order valence-electron chi connectivity index (χ1n) is 14.4. The molecule has 226 valence electrons. The number of aromatic nitrogens is 2. The summed E-state index contributed by atoms with van der Waals surface area (Å²) in [6, 6.07) is 8.88. The van der Waals surface area contributed by atoms with Crippen LogP contribution in [0.2, 0.25) is 5.02 Å². The molecule has 0 bridgehead atoms. The highest BCUT2D eigenvalue weighted by Gasteiger charge is 2.33. The first kappa shape index (κ1) is 30.9. The van der Waals surface area contributed by atoms with Crippen LogP contribution in [-0.2, 0) is 26.1 Å². The number of nitrogens with zero attached hydrogens (tertiary/aromatic N) is 3. The molecular formula is C31H38ClN3O5S2. The molecule has 2 aliphatic rings. The molecule has 1 saturated heterocycles. The van der Waals surface area contributed by atoms with E-state index in [9.17, 15) is 16.8 Å². The lowest BCUT2D eigenvalue weighted by molar-refractivity contribution is 0.222. The number of piperidine rings is 1. The molecule has 0 aliphatic carbocycles. The van der Waals surface area contributed by atoms with Gasteiger partial charge in [0.15, 0.2) is 15.7 Å². The van der Waals surface area contributed by atoms with Gasteiger partial charge in [-0.05, 0) is 82.8 Å². The standard InChI is InChI=1S/C31H38ClN3O5S2/c1-19(2)42(38,39)27-9-7-6-8-23(27)29-26(32)18-33-31(34-29)25-16-20(3)28(24-17-21(4)40-30(24)25)22-10-12-35(13-11-22)14-15-41(5,36)37/h6-9,16,18-19,21-22H,10-15,17H2,1-5H3. The van der Waals surface area contributed by atoms with Crippen molar-refractivity contribution in [2.24, 2.45) is 0 Å². The van der Waals surface area contributed by atoms with Gasteiger partial charge in [0.2, 0.25) is 0 Å². The topological polar surface area (TPSA) is 107 Å². The lowest BCUT2D eigenvalue weighted by Gasteiger charge is -2.33. The van der Waals surface area contributed by atoms with Crippen molar-refractivity contribution in [1.82, 2.24) is 14.9 Å². The monoisotopic (exact) mass is 631 g/mol. The number of fused-ring (bicyclic) bond motifs is 1. The Morgan fingerprint density at radius 1 is 1.10 bits per heavy atom. The molecule has 5 rings (SSSR count). The molecule has 0 amide bonds. The molecule has 8 nitrogen and oxygen atoms in total. The van der Waals surface area contributed by atoms with Crippen LogP contribution in [0.15, 0.2) is 41.4 Å². The van der Waals surface area contributed by atoms with Crippen molar-refractivity contribution in [3.8, 4) is 28.4 Å². The van der Waals surface area contributed by atoms with Crippen LogP contribution in [-0.4, -0.2) is 74.7 Å². The van der Waals surface area contributed by atoms with Gasteiger partial charge in [0.05, 0.1) is 38.4 Å². The Bertz CT molecular complexity index is 1720. The summed E-state index contributed by atoms with van der Waals surface area (Å²) in [4.78, 5) is 11.8. The molecule has 0 spiro atoms. The zero-order valence-corrected chi connectivity index (χ0v) is 27.1. The van der Waals surface area contributed by atoms with E-state index in [1.165, 1.54) is 23.6 Å². The molecule has 2 aliphatic heterocycles. The third-order valence-corrected chi connectivity index (χ3v) is 11.7. The predicted molar refractivity (Wildman–Crippen MR) is 167 cm³/mol. The highest BCUT2D eigenvalue weighted by molar-refractivity contribution is 7.92. The zero-order valence-electron chi connectivity index (χ0n) is 24.7. The highest BCUT2D eigenvalue weighted by atomic mass is 35.5. The summed E-state index contributed by atoms with van der Waals surface area (Å²) in [6.07, 6.45) is 5.50. The predicted octanol–water partition coefficient (Wildman–Crippen LogP) is 5.50. The largest absolute Gasteiger partial charge is 0.489 e. The Labute approximate surface area is 254 Å². The molecule has 3 aromatic rings. The van der Waals surface area contributed by atoms with Crippen molar-refractivity contribution in [2.45, 2.75) is 69.1 Å². The van der Waals surface area contributed by atoms with Gasteiger partial charge in [0.25, 0.3) is 0 Å². The number of hydrogen-bond donors (Lipinski definition) is 0. The van der Waals surface area contributed by atoms with Crippen LogP contribution in [0.4, 0.5) is 0 Å². The summed E-state index contributed by atoms with van der Waals surface area (Å²) in [6.45, 7) is 9.76. The second kappa shape index (κ2) is 11.9. The van der Waals surface area contributed by atoms with Crippen molar-refractivity contribution in [3.63, 3.8) is 0 Å². The minimum Gasteiger partial charge on any atom is -0.489 e. The fourth-order valence-electron chi connectivity index (χ4n) is 6.07. The van der Waals surface area contributed by atoms with Crippen molar-refractivity contribution >= 4 is 31.3 Å². The van der Waals surface area contributed by atoms with Gasteiger partial charge in [-0.3, -0.25) is 0 Å². The minimum absolute atomic E-state index is 0.00201. The average molecular weight is 632 g/mol. The molecule has 2 aromatic carbocycles. The summed E-state index contributed by atoms with van der Waals surface area (Å²) in [5, 5.41) is -0.328. The van der Waals surface area contributed by atoms with E-state index < -0.39 is 24.9 Å². The van der Waals surface area contributed by atoms with E-state index in [2.05, 4.69) is 29.8 Å². The van der Waals surface area contributed by atoms with Crippen LogP contribution in [0.3, 0.4) is 0 Å². The second-order valence-corrected chi connectivity index (χ2v) is 17.0. The van der Waals surface area contributed by atoms with Gasteiger partial charge in [-0.25, -0.2) is 26.8 Å². The summed E-state index contributed by atoms with van der Waals surface area (Å²) in [5.41, 5.74) is 5.20. The van der Waals surface area contributed by atoms with Gasteiger partial charge in [-0.2, -0.15) is 0 Å². The minimum atomic E-state index is -3.58. The quantitative estimate of drug-likeness (QED) is 0.321. The van der Waals surface area contributed by atoms with Crippen LogP contribution in [0.25, 0.3) is 22.6 Å². The Balaban J connectivity index is 1.52. The number of hydrogen-bond acceptors (Lipinski definition) is 8. The van der Waals surface area contributed by atoms with Gasteiger partial charge in [0, 0.05) is 30.3 Å². The Morgan fingerprint density at radius 2 is 1.79 bits per heavy atom. The third-order valence-electron chi connectivity index (χ3n) is 8.27. The van der Waals surface area contributed by atoms with E-state index >= 15 is 0 Å². The van der Waals surface area contributed by atoms with Crippen LogP contribution in [0, 0.1) is 6.92 Å². The molecule has 11 heteroatoms. The van der Waals surface area contributed by atoms with Gasteiger partial charge in [-0.1, -0.05) is 29.8 Å². The van der Waals surface area contributed by atoms with E-state index in [1.54, 1.807) is 38.1 Å². The fraction of sp³-hybridized carbons (Fsp3) is 0.484. The maximum atomic E-state index is 13.2. The number of ether oxygens (including phenoxy) is 1. The Kier molecular flexibility index (Phi) is 8.73. The summed E-state index contributed by atoms with van der Waals surface area (Å²) in [7, 11) is -6.57. The number of benzene rings is 2. The van der Waals surface area contributed by atoms with Crippen molar-refractivity contribution in [2.75, 3.05) is 31.6 Å². The molecule has 1 atom stereocenters. The van der Waals surface area contributed by atoms with E-state index in [-0.39, 0.29) is 21.8 Å². The average Bonchev–Trinajstić information content (AvgIpc) is 3.32. The normalized spacial score (nSPS) is 18.3. The maximum absolute atomic E-state index is 13.2. The number of halogens is 1. The summed E-state index contributed by atoms with van der Waals surface area (Å²) >= 11 is 6.59. The smallest absolute Gasteiger partial charge is 0.181 e. The van der Waals surface area contributed by atoms with Crippen LogP contribution >= 0.6 is 11.6 Å². The first-order valence-corrected chi connectivity index (χ1v) is 18.3. The maximum Gasteiger partial charge on any atom is 0.181 e. The Morgan fingerprint density at radius 3 is 2.45 bits per heavy atom. The lowest BCUT2D eigenvalue weighted by Crippen LogP contribution is -2.36. The Hall–Kier alpha value is -2.53. The molecule has 0 N–H and O–H groups in total. The summed E-state index contributed by atoms with van der Waals surface area (Å²) in [5.74, 6) is 1.75. The lowest BCUT2D eigenvalue weighted by atomic mass is 9.81. The van der Waals surface area contributed by atoms with Crippen molar-refractivity contribution in [1.29, 1.82) is 0 Å². The summed E-state index contributed by atoms with van der Waals surface area (Å²) < 4.78 is 56.0. The van der Waals surface area contributed by atoms with Gasteiger partial charge >= 0.3 is 0 Å². The van der Waals surface area contributed by atoms with Crippen LogP contribution in [0.1, 0.15) is 56.2 Å². The molecule has 0 radical (unpaired) electrons. The number of sulfone groups is 2. The van der Waals surface area contributed by atoms with Gasteiger partial charge in [-0.15, -0.1) is 0 Å². The number of aryl methyl sites for hydroxylation is 1. The first-order chi connectivity index (χ1) is 19.8. The zero-order chi connectivity index (χ0) is 30.4. The van der Waals surface area contributed by atoms with Crippen molar-refractivity contribution < 1.29 is 21.6 Å². The fourth-order valence-corrected chi connectivity index (χ4v) is 8.11. The highest BCUT2D eigenvalue weighted by Crippen LogP contribution is 2.46. The molecule has 1 unspecified atom stereocenters. The number of likely N-dealkylation sites (tertiary alicyclic amines) is 1. The van der Waals surface area contributed by atoms with E-state index in [0.29, 0.717) is 29.5 Å². The van der Waals surface area contributed by atoms with E-state index in [1.807, 2.05) is 0 Å². The van der Waals surface area contributed by atoms with Gasteiger partial charge in [0.1, 0.15) is 21.7 Å². The third kappa shape index (κ3) is 6.23. The van der Waals surface area contributed by atoms with Crippen molar-refractivity contribution in [3.05, 3.63) is 58.2 Å². The van der Waals surface area contributed by atoms with Crippen LogP contribution < -0.4 is 4.74 Å². The van der Waals surface area contributed by atoms with Crippen LogP contribution in [0.5, 0.6) is 5.75 Å². The van der Waals surface area contributed by atoms with E-state index in [0.717, 1.165) is 49.2 Å². The molecule has 0 saturated carbocycles. The number of rotatable bonds is 8. The van der Waals surface area contributed by atoms with Gasteiger partial charge < -0.3 is 9.64 Å². The molecular weight excluding hydrogens is 594 g/mol. The molecule has 1 aromatic heterocycles. The molecule has 1 fully saturated rings. The SMILES string of the molecule is Cc1cc(-c2ncc(Cl)c(-c3ccccc3S(=O)(=O)C(C)C)n2)c2c(c1C1CCN(CCS(C)(=O)=O)CC1)CC(C)O2. The van der Waals surface area contributed by atoms with E-state index in [4.69, 9.17) is 21.3 Å². The molecule has 42 heavy (non-hydrogen) atoms. The second-order valence-electron chi connectivity index (χ2n) is 11.8. The molecule has 3 heterocycles.